The number of hydrogen-bond donors (Lipinski definition) is 1. The monoisotopic (exact) mass is 349 g/mol. The van der Waals surface area contributed by atoms with Crippen LogP contribution in [0.2, 0.25) is 0 Å². The third-order valence-electron chi connectivity index (χ3n) is 4.95. The van der Waals surface area contributed by atoms with Gasteiger partial charge < -0.3 is 14.8 Å². The van der Waals surface area contributed by atoms with Gasteiger partial charge in [0.05, 0.1) is 11.8 Å². The summed E-state index contributed by atoms with van der Waals surface area (Å²) in [6.45, 7) is 3.24. The van der Waals surface area contributed by atoms with E-state index in [-0.39, 0.29) is 12.6 Å². The molecule has 1 aromatic carbocycles. The first-order valence-electron chi connectivity index (χ1n) is 8.03. The lowest BCUT2D eigenvalue weighted by atomic mass is 10.1. The lowest BCUT2D eigenvalue weighted by Crippen LogP contribution is -2.39. The molecule has 0 bridgehead atoms. The molecule has 130 valence electrons. The van der Waals surface area contributed by atoms with E-state index >= 15 is 0 Å². The molecular weight excluding hydrogens is 326 g/mol. The van der Waals surface area contributed by atoms with Crippen LogP contribution in [0.4, 0.5) is 4.79 Å². The van der Waals surface area contributed by atoms with E-state index in [9.17, 15) is 13.2 Å². The number of benzene rings is 1. The average molecular weight is 349 g/mol. The zero-order valence-electron chi connectivity index (χ0n) is 14.2. The van der Waals surface area contributed by atoms with Crippen LogP contribution < -0.4 is 5.32 Å². The molecule has 24 heavy (non-hydrogen) atoms. The van der Waals surface area contributed by atoms with E-state index in [1.807, 2.05) is 19.2 Å². The van der Waals surface area contributed by atoms with Crippen molar-refractivity contribution in [3.63, 3.8) is 0 Å². The molecule has 1 atom stereocenters. The second kappa shape index (κ2) is 6.12. The number of nitrogens with one attached hydrogen (secondary N) is 1. The van der Waals surface area contributed by atoms with Crippen LogP contribution in [0, 0.1) is 6.92 Å². The van der Waals surface area contributed by atoms with Crippen LogP contribution in [0.5, 0.6) is 0 Å². The highest BCUT2D eigenvalue weighted by molar-refractivity contribution is 7.91. The van der Waals surface area contributed by atoms with Crippen molar-refractivity contribution in [2.24, 2.45) is 7.05 Å². The quantitative estimate of drug-likeness (QED) is 0.919. The predicted molar refractivity (Wildman–Crippen MR) is 94.7 cm³/mol. The molecule has 1 aliphatic heterocycles. The number of fused-ring (bicyclic) bond motifs is 1. The Morgan fingerprint density at radius 2 is 2.04 bits per heavy atom. The van der Waals surface area contributed by atoms with Gasteiger partial charge in [0.15, 0.2) is 9.84 Å². The Kier molecular flexibility index (Phi) is 4.29. The number of nitrogens with zero attached hydrogens (tertiary/aromatic N) is 2. The molecular formula is C17H23N3O3S. The Labute approximate surface area is 142 Å². The molecule has 2 amide bonds. The van der Waals surface area contributed by atoms with Crippen LogP contribution in [-0.2, 0) is 23.4 Å². The Bertz CT molecular complexity index is 847. The van der Waals surface area contributed by atoms with Crippen molar-refractivity contribution in [3.8, 4) is 0 Å². The number of rotatable bonds is 3. The second-order valence-corrected chi connectivity index (χ2v) is 8.82. The molecule has 0 unspecified atom stereocenters. The van der Waals surface area contributed by atoms with Crippen molar-refractivity contribution < 1.29 is 13.2 Å². The van der Waals surface area contributed by atoms with Gasteiger partial charge in [-0.2, -0.15) is 0 Å². The number of amides is 2. The normalized spacial score (nSPS) is 18.3. The minimum Gasteiger partial charge on any atom is -0.346 e. The predicted octanol–water partition coefficient (Wildman–Crippen LogP) is 1.82. The molecule has 0 saturated carbocycles. The number of sulfone groups is 1. The van der Waals surface area contributed by atoms with Crippen molar-refractivity contribution in [1.29, 1.82) is 0 Å². The van der Waals surface area contributed by atoms with Crippen LogP contribution in [0.25, 0.3) is 10.9 Å². The summed E-state index contributed by atoms with van der Waals surface area (Å²) in [6, 6.07) is 7.94. The van der Waals surface area contributed by atoms with Gasteiger partial charge in [-0.15, -0.1) is 0 Å². The maximum absolute atomic E-state index is 12.3. The molecule has 2 aromatic rings. The minimum atomic E-state index is -3.09. The molecule has 0 radical (unpaired) electrons. The number of urea groups is 1. The molecule has 6 nitrogen and oxygen atoms in total. The first-order chi connectivity index (χ1) is 11.3. The summed E-state index contributed by atoms with van der Waals surface area (Å²) >= 11 is 0. The SMILES string of the molecule is Cc1c(CNC(=O)N2CC[C@@H](S(C)(=O)=O)C2)n(C)c2ccccc12. The van der Waals surface area contributed by atoms with Gasteiger partial charge in [0.1, 0.15) is 0 Å². The van der Waals surface area contributed by atoms with E-state index in [0.717, 1.165) is 16.8 Å². The molecule has 1 saturated heterocycles. The smallest absolute Gasteiger partial charge is 0.317 e. The van der Waals surface area contributed by atoms with Gasteiger partial charge in [-0.3, -0.25) is 0 Å². The van der Waals surface area contributed by atoms with Gasteiger partial charge in [0.25, 0.3) is 0 Å². The minimum absolute atomic E-state index is 0.203. The fraction of sp³-hybridized carbons (Fsp3) is 0.471. The van der Waals surface area contributed by atoms with Crippen molar-refractivity contribution in [3.05, 3.63) is 35.5 Å². The van der Waals surface area contributed by atoms with Crippen LogP contribution >= 0.6 is 0 Å². The lowest BCUT2D eigenvalue weighted by molar-refractivity contribution is 0.208. The van der Waals surface area contributed by atoms with E-state index in [4.69, 9.17) is 0 Å². The zero-order chi connectivity index (χ0) is 17.5. The van der Waals surface area contributed by atoms with Crippen molar-refractivity contribution in [1.82, 2.24) is 14.8 Å². The van der Waals surface area contributed by atoms with E-state index in [0.29, 0.717) is 19.5 Å². The van der Waals surface area contributed by atoms with Gasteiger partial charge in [0.2, 0.25) is 0 Å². The van der Waals surface area contributed by atoms with Gasteiger partial charge in [-0.05, 0) is 25.0 Å². The fourth-order valence-electron chi connectivity index (χ4n) is 3.42. The summed E-state index contributed by atoms with van der Waals surface area (Å²) in [5, 5.41) is 3.67. The van der Waals surface area contributed by atoms with Crippen LogP contribution in [-0.4, -0.2) is 48.5 Å². The van der Waals surface area contributed by atoms with Crippen molar-refractivity contribution in [2.45, 2.75) is 25.1 Å². The van der Waals surface area contributed by atoms with Crippen LogP contribution in [0.1, 0.15) is 17.7 Å². The molecule has 3 rings (SSSR count). The Morgan fingerprint density at radius 3 is 2.67 bits per heavy atom. The van der Waals surface area contributed by atoms with Crippen LogP contribution in [0.15, 0.2) is 24.3 Å². The standard InChI is InChI=1S/C17H23N3O3S/c1-12-14-6-4-5-7-15(14)19(2)16(12)10-18-17(21)20-9-8-13(11-20)24(3,22)23/h4-7,13H,8-11H2,1-3H3,(H,18,21)/t13-/m1/s1. The van der Waals surface area contributed by atoms with Gasteiger partial charge in [-0.25, -0.2) is 13.2 Å². The first kappa shape index (κ1) is 16.8. The second-order valence-electron chi connectivity index (χ2n) is 6.49. The largest absolute Gasteiger partial charge is 0.346 e. The average Bonchev–Trinajstić information content (AvgIpc) is 3.12. The van der Waals surface area contributed by atoms with Crippen LogP contribution in [0.3, 0.4) is 0 Å². The maximum atomic E-state index is 12.3. The number of carbonyl (C=O) groups is 1. The summed E-state index contributed by atoms with van der Waals surface area (Å²) in [5.74, 6) is 0. The highest BCUT2D eigenvalue weighted by atomic mass is 32.2. The molecule has 1 fully saturated rings. The number of hydrogen-bond acceptors (Lipinski definition) is 3. The van der Waals surface area contributed by atoms with E-state index in [1.54, 1.807) is 4.90 Å². The van der Waals surface area contributed by atoms with Gasteiger partial charge in [-0.1, -0.05) is 18.2 Å². The summed E-state index contributed by atoms with van der Waals surface area (Å²) in [4.78, 5) is 13.9. The lowest BCUT2D eigenvalue weighted by Gasteiger charge is -2.17. The fourth-order valence-corrected chi connectivity index (χ4v) is 4.40. The molecule has 2 heterocycles. The number of aryl methyl sites for hydroxylation is 2. The summed E-state index contributed by atoms with van der Waals surface area (Å²) in [6.07, 6.45) is 1.75. The molecule has 1 N–H and O–H groups in total. The first-order valence-corrected chi connectivity index (χ1v) is 9.99. The molecule has 0 spiro atoms. The zero-order valence-corrected chi connectivity index (χ0v) is 15.1. The highest BCUT2D eigenvalue weighted by Crippen LogP contribution is 2.24. The Balaban J connectivity index is 1.70. The van der Waals surface area contributed by atoms with E-state index in [2.05, 4.69) is 28.9 Å². The third kappa shape index (κ3) is 3.00. The topological polar surface area (TPSA) is 71.4 Å². The number of para-hydroxylation sites is 1. The maximum Gasteiger partial charge on any atom is 0.317 e. The van der Waals surface area contributed by atoms with Gasteiger partial charge >= 0.3 is 6.03 Å². The van der Waals surface area contributed by atoms with Crippen molar-refractivity contribution in [2.75, 3.05) is 19.3 Å². The summed E-state index contributed by atoms with van der Waals surface area (Å²) in [5.41, 5.74) is 3.35. The summed E-state index contributed by atoms with van der Waals surface area (Å²) < 4.78 is 25.3. The van der Waals surface area contributed by atoms with E-state index in [1.165, 1.54) is 11.6 Å². The molecule has 7 heteroatoms. The number of carbonyl (C=O) groups excluding carboxylic acids is 1. The van der Waals surface area contributed by atoms with Crippen molar-refractivity contribution >= 4 is 26.8 Å². The number of likely N-dealkylation sites (tertiary alicyclic amines) is 1. The Morgan fingerprint density at radius 1 is 1.33 bits per heavy atom. The molecule has 1 aliphatic rings. The third-order valence-corrected chi connectivity index (χ3v) is 6.55. The highest BCUT2D eigenvalue weighted by Gasteiger charge is 2.32. The van der Waals surface area contributed by atoms with Gasteiger partial charge in [0, 0.05) is 43.0 Å². The summed E-state index contributed by atoms with van der Waals surface area (Å²) in [7, 11) is -1.10. The Hall–Kier alpha value is -2.02. The molecule has 1 aromatic heterocycles. The molecule has 0 aliphatic carbocycles. The van der Waals surface area contributed by atoms with E-state index < -0.39 is 15.1 Å². The number of aromatic nitrogens is 1.